The molecule has 6 heteroatoms. The van der Waals surface area contributed by atoms with Crippen LogP contribution in [0.15, 0.2) is 24.3 Å². The fourth-order valence-corrected chi connectivity index (χ4v) is 1.56. The third kappa shape index (κ3) is 8.88. The van der Waals surface area contributed by atoms with Crippen LogP contribution < -0.4 is 15.4 Å². The molecule has 0 aliphatic rings. The van der Waals surface area contributed by atoms with E-state index in [9.17, 15) is 4.79 Å². The van der Waals surface area contributed by atoms with Crippen LogP contribution in [-0.4, -0.2) is 50.7 Å². The van der Waals surface area contributed by atoms with Gasteiger partial charge in [0.25, 0.3) is 0 Å². The van der Waals surface area contributed by atoms with Gasteiger partial charge < -0.3 is 25.2 Å². The molecule has 0 aliphatic heterocycles. The molecular weight excluding hydrogens is 272 g/mol. The van der Waals surface area contributed by atoms with Crippen molar-refractivity contribution in [3.8, 4) is 5.75 Å². The van der Waals surface area contributed by atoms with Crippen LogP contribution in [0.5, 0.6) is 5.75 Å². The van der Waals surface area contributed by atoms with Crippen LogP contribution in [0.2, 0.25) is 0 Å². The fraction of sp³-hybridized carbons (Fsp3) is 0.533. The number of aliphatic hydroxyl groups excluding tert-OH is 1. The average Bonchev–Trinajstić information content (AvgIpc) is 2.48. The van der Waals surface area contributed by atoms with Crippen LogP contribution in [0.25, 0.3) is 0 Å². The lowest BCUT2D eigenvalue weighted by Gasteiger charge is -2.09. The number of carbonyl (C=O) groups is 1. The van der Waals surface area contributed by atoms with Crippen LogP contribution in [0.3, 0.4) is 0 Å². The van der Waals surface area contributed by atoms with Gasteiger partial charge in [-0.15, -0.1) is 0 Å². The van der Waals surface area contributed by atoms with E-state index in [2.05, 4.69) is 10.6 Å². The first kappa shape index (κ1) is 17.3. The van der Waals surface area contributed by atoms with Gasteiger partial charge in [0.15, 0.2) is 0 Å². The van der Waals surface area contributed by atoms with Crippen LogP contribution in [0.4, 0.5) is 4.79 Å². The van der Waals surface area contributed by atoms with Gasteiger partial charge in [0.2, 0.25) is 0 Å². The largest absolute Gasteiger partial charge is 0.494 e. The summed E-state index contributed by atoms with van der Waals surface area (Å²) in [7, 11) is 0. The Hall–Kier alpha value is -1.79. The molecule has 2 amide bonds. The molecular formula is C15H24N2O4. The van der Waals surface area contributed by atoms with Crippen molar-refractivity contribution in [3.63, 3.8) is 0 Å². The Bertz CT molecular complexity index is 395. The van der Waals surface area contributed by atoms with E-state index in [0.29, 0.717) is 32.9 Å². The molecule has 0 aromatic heterocycles. The van der Waals surface area contributed by atoms with E-state index in [0.717, 1.165) is 12.2 Å². The van der Waals surface area contributed by atoms with Crippen molar-refractivity contribution in [2.24, 2.45) is 0 Å². The normalized spacial score (nSPS) is 10.2. The number of aliphatic hydroxyl groups is 1. The number of carbonyl (C=O) groups excluding carboxylic acids is 1. The summed E-state index contributed by atoms with van der Waals surface area (Å²) in [6, 6.07) is 7.64. The molecule has 0 aliphatic carbocycles. The third-order valence-corrected chi connectivity index (χ3v) is 2.66. The zero-order chi connectivity index (χ0) is 15.3. The molecule has 0 saturated heterocycles. The molecule has 1 aromatic carbocycles. The van der Waals surface area contributed by atoms with Gasteiger partial charge in [0.1, 0.15) is 5.75 Å². The predicted molar refractivity (Wildman–Crippen MR) is 80.6 cm³/mol. The van der Waals surface area contributed by atoms with Gasteiger partial charge in [-0.25, -0.2) is 4.79 Å². The zero-order valence-corrected chi connectivity index (χ0v) is 12.4. The van der Waals surface area contributed by atoms with Crippen LogP contribution >= 0.6 is 0 Å². The van der Waals surface area contributed by atoms with E-state index in [-0.39, 0.29) is 12.6 Å². The predicted octanol–water partition coefficient (Wildman–Crippen LogP) is 1.07. The molecule has 1 aromatic rings. The summed E-state index contributed by atoms with van der Waals surface area (Å²) in [5, 5.41) is 13.9. The van der Waals surface area contributed by atoms with Crippen molar-refractivity contribution in [3.05, 3.63) is 29.8 Å². The van der Waals surface area contributed by atoms with Gasteiger partial charge in [-0.05, 0) is 25.5 Å². The number of benzene rings is 1. The quantitative estimate of drug-likeness (QED) is 0.564. The van der Waals surface area contributed by atoms with Crippen LogP contribution in [0, 0.1) is 6.92 Å². The summed E-state index contributed by atoms with van der Waals surface area (Å²) in [6.45, 7) is 4.24. The lowest BCUT2D eigenvalue weighted by atomic mass is 10.2. The Labute approximate surface area is 125 Å². The molecule has 0 unspecified atom stereocenters. The van der Waals surface area contributed by atoms with Gasteiger partial charge in [-0.3, -0.25) is 0 Å². The van der Waals surface area contributed by atoms with Gasteiger partial charge >= 0.3 is 6.03 Å². The summed E-state index contributed by atoms with van der Waals surface area (Å²) in [5.74, 6) is 0.839. The Morgan fingerprint density at radius 3 is 2.52 bits per heavy atom. The van der Waals surface area contributed by atoms with Crippen molar-refractivity contribution in [2.45, 2.75) is 13.3 Å². The molecule has 6 nitrogen and oxygen atoms in total. The number of amides is 2. The molecule has 0 radical (unpaired) electrons. The van der Waals surface area contributed by atoms with E-state index >= 15 is 0 Å². The highest BCUT2D eigenvalue weighted by Gasteiger charge is 1.99. The van der Waals surface area contributed by atoms with Crippen LogP contribution in [-0.2, 0) is 4.74 Å². The molecule has 0 spiro atoms. The number of ether oxygens (including phenoxy) is 2. The first-order valence-corrected chi connectivity index (χ1v) is 7.12. The minimum atomic E-state index is -0.224. The van der Waals surface area contributed by atoms with E-state index in [1.165, 1.54) is 5.56 Å². The Morgan fingerprint density at radius 2 is 1.81 bits per heavy atom. The summed E-state index contributed by atoms with van der Waals surface area (Å²) in [6.07, 6.45) is 0.738. The summed E-state index contributed by atoms with van der Waals surface area (Å²) >= 11 is 0. The van der Waals surface area contributed by atoms with E-state index in [4.69, 9.17) is 14.6 Å². The maximum Gasteiger partial charge on any atom is 0.314 e. The zero-order valence-electron chi connectivity index (χ0n) is 12.4. The topological polar surface area (TPSA) is 79.8 Å². The maximum atomic E-state index is 11.4. The number of hydrogen-bond donors (Lipinski definition) is 3. The first-order chi connectivity index (χ1) is 10.2. The van der Waals surface area contributed by atoms with Gasteiger partial charge in [-0.1, -0.05) is 17.7 Å². The number of aryl methyl sites for hydroxylation is 1. The van der Waals surface area contributed by atoms with E-state index in [1.54, 1.807) is 0 Å². The number of nitrogens with one attached hydrogen (secondary N) is 2. The van der Waals surface area contributed by atoms with Gasteiger partial charge in [0, 0.05) is 13.1 Å². The van der Waals surface area contributed by atoms with Crippen LogP contribution in [0.1, 0.15) is 12.0 Å². The summed E-state index contributed by atoms with van der Waals surface area (Å²) in [4.78, 5) is 11.4. The van der Waals surface area contributed by atoms with Crippen molar-refractivity contribution < 1.29 is 19.4 Å². The van der Waals surface area contributed by atoms with E-state index < -0.39 is 0 Å². The molecule has 1 rings (SSSR count). The second kappa shape index (κ2) is 10.9. The summed E-state index contributed by atoms with van der Waals surface area (Å²) in [5.41, 5.74) is 1.20. The monoisotopic (exact) mass is 296 g/mol. The van der Waals surface area contributed by atoms with E-state index in [1.807, 2.05) is 31.2 Å². The molecule has 118 valence electrons. The molecule has 3 N–H and O–H groups in total. The maximum absolute atomic E-state index is 11.4. The number of hydrogen-bond acceptors (Lipinski definition) is 4. The molecule has 0 heterocycles. The number of rotatable bonds is 10. The summed E-state index contributed by atoms with van der Waals surface area (Å²) < 4.78 is 10.6. The Morgan fingerprint density at radius 1 is 1.10 bits per heavy atom. The van der Waals surface area contributed by atoms with Crippen molar-refractivity contribution in [2.75, 3.05) is 39.5 Å². The Balaban J connectivity index is 1.96. The van der Waals surface area contributed by atoms with Crippen molar-refractivity contribution >= 4 is 6.03 Å². The Kier molecular flexibility index (Phi) is 8.99. The fourth-order valence-electron chi connectivity index (χ4n) is 1.56. The minimum Gasteiger partial charge on any atom is -0.494 e. The van der Waals surface area contributed by atoms with Gasteiger partial charge in [0.05, 0.1) is 26.4 Å². The minimum absolute atomic E-state index is 0.00677. The molecule has 0 bridgehead atoms. The highest BCUT2D eigenvalue weighted by Crippen LogP contribution is 2.11. The highest BCUT2D eigenvalue weighted by molar-refractivity contribution is 5.73. The second-order valence-corrected chi connectivity index (χ2v) is 4.53. The third-order valence-electron chi connectivity index (χ3n) is 2.66. The van der Waals surface area contributed by atoms with Crippen molar-refractivity contribution in [1.82, 2.24) is 10.6 Å². The lowest BCUT2D eigenvalue weighted by Crippen LogP contribution is -2.38. The standard InChI is InChI=1S/C15H24N2O4/c1-13-3-5-14(6-4-13)21-10-2-7-16-15(19)17-8-11-20-12-9-18/h3-6,18H,2,7-12H2,1H3,(H2,16,17,19). The molecule has 0 fully saturated rings. The lowest BCUT2D eigenvalue weighted by molar-refractivity contribution is 0.0947. The second-order valence-electron chi connectivity index (χ2n) is 4.53. The molecule has 21 heavy (non-hydrogen) atoms. The van der Waals surface area contributed by atoms with Gasteiger partial charge in [-0.2, -0.15) is 0 Å². The highest BCUT2D eigenvalue weighted by atomic mass is 16.5. The smallest absolute Gasteiger partial charge is 0.314 e. The first-order valence-electron chi connectivity index (χ1n) is 7.12. The van der Waals surface area contributed by atoms with Crippen molar-refractivity contribution in [1.29, 1.82) is 0 Å². The molecule has 0 saturated carbocycles. The number of urea groups is 1. The molecule has 0 atom stereocenters. The SMILES string of the molecule is Cc1ccc(OCCCNC(=O)NCCOCCO)cc1. The average molecular weight is 296 g/mol.